The summed E-state index contributed by atoms with van der Waals surface area (Å²) in [5.41, 5.74) is 11.6. The molecule has 0 bridgehead atoms. The Bertz CT molecular complexity index is 358. The third kappa shape index (κ3) is 2.81. The lowest BCUT2D eigenvalue weighted by Crippen LogP contribution is -2.80. The molecule has 0 spiro atoms. The molecule has 6 nitrogen and oxygen atoms in total. The Morgan fingerprint density at radius 2 is 1.18 bits per heavy atom. The van der Waals surface area contributed by atoms with Crippen molar-refractivity contribution >= 4 is 0 Å². The zero-order valence-electron chi connectivity index (χ0n) is 15.0. The highest BCUT2D eigenvalue weighted by atomic mass is 16.5. The molecule has 0 amide bonds. The second-order valence-electron chi connectivity index (χ2n) is 7.23. The van der Waals surface area contributed by atoms with Crippen LogP contribution in [0.15, 0.2) is 0 Å². The van der Waals surface area contributed by atoms with Crippen LogP contribution in [-0.4, -0.2) is 65.9 Å². The van der Waals surface area contributed by atoms with E-state index in [-0.39, 0.29) is 5.41 Å². The first-order valence-electron chi connectivity index (χ1n) is 7.74. The molecule has 0 heterocycles. The van der Waals surface area contributed by atoms with E-state index in [1.165, 1.54) is 0 Å². The summed E-state index contributed by atoms with van der Waals surface area (Å²) < 4.78 is 22.1. The zero-order valence-corrected chi connectivity index (χ0v) is 15.0. The number of ether oxygens (including phenoxy) is 4. The van der Waals surface area contributed by atoms with Crippen LogP contribution in [-0.2, 0) is 18.9 Å². The lowest BCUT2D eigenvalue weighted by Gasteiger charge is -2.65. The summed E-state index contributed by atoms with van der Waals surface area (Å²) in [6, 6.07) is 0. The van der Waals surface area contributed by atoms with E-state index < -0.39 is 16.5 Å². The predicted molar refractivity (Wildman–Crippen MR) is 86.8 cm³/mol. The highest BCUT2D eigenvalue weighted by molar-refractivity contribution is 5.22. The van der Waals surface area contributed by atoms with Gasteiger partial charge in [0.2, 0.25) is 0 Å². The monoisotopic (exact) mass is 318 g/mol. The summed E-state index contributed by atoms with van der Waals surface area (Å²) >= 11 is 0. The van der Waals surface area contributed by atoms with Gasteiger partial charge in [-0.2, -0.15) is 0 Å². The molecule has 0 aromatic rings. The van der Waals surface area contributed by atoms with Crippen LogP contribution in [0.2, 0.25) is 0 Å². The molecule has 3 atom stereocenters. The van der Waals surface area contributed by atoms with Gasteiger partial charge in [0.15, 0.2) is 0 Å². The van der Waals surface area contributed by atoms with E-state index >= 15 is 0 Å². The van der Waals surface area contributed by atoms with Gasteiger partial charge in [-0.25, -0.2) is 0 Å². The Morgan fingerprint density at radius 1 is 0.727 bits per heavy atom. The minimum Gasteiger partial charge on any atom is -0.384 e. The van der Waals surface area contributed by atoms with Crippen molar-refractivity contribution in [3.8, 4) is 0 Å². The summed E-state index contributed by atoms with van der Waals surface area (Å²) in [6.45, 7) is 5.95. The first-order chi connectivity index (χ1) is 10.2. The van der Waals surface area contributed by atoms with Gasteiger partial charge in [-0.05, 0) is 19.8 Å². The molecule has 0 aliphatic heterocycles. The van der Waals surface area contributed by atoms with E-state index in [4.69, 9.17) is 30.4 Å². The molecule has 0 aromatic heterocycles. The minimum absolute atomic E-state index is 0.367. The quantitative estimate of drug-likeness (QED) is 0.687. The Labute approximate surface area is 134 Å². The van der Waals surface area contributed by atoms with Crippen LogP contribution in [0.3, 0.4) is 0 Å². The van der Waals surface area contributed by atoms with E-state index in [1.54, 1.807) is 28.4 Å². The van der Waals surface area contributed by atoms with Gasteiger partial charge in [-0.3, -0.25) is 0 Å². The summed E-state index contributed by atoms with van der Waals surface area (Å²) in [6.07, 6.45) is 1.64. The molecule has 0 saturated heterocycles. The summed E-state index contributed by atoms with van der Waals surface area (Å²) in [7, 11) is 6.72. The highest BCUT2D eigenvalue weighted by Crippen LogP contribution is 2.56. The Balaban J connectivity index is 3.47. The molecule has 1 saturated carbocycles. The highest BCUT2D eigenvalue weighted by Gasteiger charge is 2.67. The fourth-order valence-electron chi connectivity index (χ4n) is 4.21. The van der Waals surface area contributed by atoms with Gasteiger partial charge in [0.25, 0.3) is 0 Å². The van der Waals surface area contributed by atoms with Crippen molar-refractivity contribution in [2.45, 2.75) is 37.8 Å². The maximum absolute atomic E-state index is 7.02. The van der Waals surface area contributed by atoms with E-state index in [2.05, 4.69) is 6.92 Å². The lowest BCUT2D eigenvalue weighted by molar-refractivity contribution is -0.183. The number of nitrogens with two attached hydrogens (primary N) is 2. The van der Waals surface area contributed by atoms with Crippen molar-refractivity contribution in [2.24, 2.45) is 22.3 Å². The number of hydrogen-bond acceptors (Lipinski definition) is 6. The molecule has 0 aromatic carbocycles. The third-order valence-corrected chi connectivity index (χ3v) is 5.96. The molecule has 3 unspecified atom stereocenters. The van der Waals surface area contributed by atoms with Crippen LogP contribution in [0.1, 0.15) is 26.7 Å². The fourth-order valence-corrected chi connectivity index (χ4v) is 4.21. The average molecular weight is 318 g/mol. The van der Waals surface area contributed by atoms with Crippen molar-refractivity contribution in [3.05, 3.63) is 0 Å². The molecule has 4 N–H and O–H groups in total. The molecule has 0 radical (unpaired) electrons. The van der Waals surface area contributed by atoms with Gasteiger partial charge >= 0.3 is 0 Å². The normalized spacial score (nSPS) is 38.2. The third-order valence-electron chi connectivity index (χ3n) is 5.96. The van der Waals surface area contributed by atoms with Crippen LogP contribution >= 0.6 is 0 Å². The fraction of sp³-hybridized carbons (Fsp3) is 1.00. The van der Waals surface area contributed by atoms with Crippen LogP contribution in [0, 0.1) is 10.8 Å². The van der Waals surface area contributed by atoms with Crippen LogP contribution in [0.5, 0.6) is 0 Å². The number of methoxy groups -OCH3 is 4. The Hall–Kier alpha value is -0.240. The van der Waals surface area contributed by atoms with Crippen LogP contribution < -0.4 is 11.5 Å². The smallest absolute Gasteiger partial charge is 0.0656 e. The Morgan fingerprint density at radius 3 is 1.59 bits per heavy atom. The molecule has 6 heteroatoms. The van der Waals surface area contributed by atoms with Crippen molar-refractivity contribution in [2.75, 3.05) is 54.9 Å². The SMILES string of the molecule is COCC1(COC)CCC(C)(N)C(C)(COC)C1(N)COC. The lowest BCUT2D eigenvalue weighted by atomic mass is 9.45. The van der Waals surface area contributed by atoms with E-state index in [1.807, 2.05) is 6.92 Å². The van der Waals surface area contributed by atoms with E-state index in [0.29, 0.717) is 26.4 Å². The van der Waals surface area contributed by atoms with Crippen molar-refractivity contribution < 1.29 is 18.9 Å². The van der Waals surface area contributed by atoms with Crippen molar-refractivity contribution in [1.82, 2.24) is 0 Å². The van der Waals surface area contributed by atoms with Gasteiger partial charge in [0.1, 0.15) is 0 Å². The number of hydrogen-bond donors (Lipinski definition) is 2. The number of rotatable bonds is 8. The van der Waals surface area contributed by atoms with Crippen LogP contribution in [0.25, 0.3) is 0 Å². The first-order valence-corrected chi connectivity index (χ1v) is 7.74. The van der Waals surface area contributed by atoms with Gasteiger partial charge in [0, 0.05) is 44.8 Å². The standard InChI is InChI=1S/C16H34N2O4/c1-13(9-19-3)14(2,17)7-8-15(10-20-4,11-21-5)16(13,18)12-22-6/h7-12,17-18H2,1-6H3. The second-order valence-corrected chi connectivity index (χ2v) is 7.23. The topological polar surface area (TPSA) is 89.0 Å². The molecular weight excluding hydrogens is 284 g/mol. The largest absolute Gasteiger partial charge is 0.384 e. The first kappa shape index (κ1) is 19.8. The maximum Gasteiger partial charge on any atom is 0.0656 e. The molecular formula is C16H34N2O4. The maximum atomic E-state index is 7.02. The van der Waals surface area contributed by atoms with Gasteiger partial charge < -0.3 is 30.4 Å². The molecule has 1 aliphatic carbocycles. The van der Waals surface area contributed by atoms with E-state index in [9.17, 15) is 0 Å². The molecule has 132 valence electrons. The summed E-state index contributed by atoms with van der Waals surface area (Å²) in [4.78, 5) is 0. The summed E-state index contributed by atoms with van der Waals surface area (Å²) in [5.74, 6) is 0. The predicted octanol–water partition coefficient (Wildman–Crippen LogP) is 0.773. The Kier molecular flexibility index (Phi) is 6.40. The molecule has 1 rings (SSSR count). The van der Waals surface area contributed by atoms with Gasteiger partial charge in [0.05, 0.1) is 32.0 Å². The molecule has 1 fully saturated rings. The minimum atomic E-state index is -0.738. The summed E-state index contributed by atoms with van der Waals surface area (Å²) in [5, 5.41) is 0. The van der Waals surface area contributed by atoms with Crippen molar-refractivity contribution in [3.63, 3.8) is 0 Å². The average Bonchev–Trinajstić information content (AvgIpc) is 2.44. The molecule has 22 heavy (non-hydrogen) atoms. The second kappa shape index (κ2) is 7.11. The zero-order chi connectivity index (χ0) is 17.1. The molecule has 1 aliphatic rings. The van der Waals surface area contributed by atoms with Gasteiger partial charge in [-0.1, -0.05) is 6.92 Å². The van der Waals surface area contributed by atoms with E-state index in [0.717, 1.165) is 12.8 Å². The van der Waals surface area contributed by atoms with Crippen LogP contribution in [0.4, 0.5) is 0 Å². The van der Waals surface area contributed by atoms with Gasteiger partial charge in [-0.15, -0.1) is 0 Å². The van der Waals surface area contributed by atoms with Crippen molar-refractivity contribution in [1.29, 1.82) is 0 Å².